The van der Waals surface area contributed by atoms with E-state index in [9.17, 15) is 8.78 Å². The van der Waals surface area contributed by atoms with Crippen molar-refractivity contribution in [3.05, 3.63) is 95.6 Å². The molecule has 3 rings (SSSR count). The van der Waals surface area contributed by atoms with Gasteiger partial charge in [0.25, 0.3) is 0 Å². The molecule has 0 radical (unpaired) electrons. The minimum Gasteiger partial charge on any atom is -0.316 e. The summed E-state index contributed by atoms with van der Waals surface area (Å²) in [6, 6.07) is 14.9. The van der Waals surface area contributed by atoms with Crippen LogP contribution in [-0.2, 0) is 23.7 Å². The molecular formula is C28H34F2O. The normalized spacial score (nSPS) is 19.6. The highest BCUT2D eigenvalue weighted by Crippen LogP contribution is 2.37. The number of ether oxygens (including phenoxy) is 1. The Balaban J connectivity index is 1.48. The first-order valence-corrected chi connectivity index (χ1v) is 11.5. The second-order valence-electron chi connectivity index (χ2n) is 8.51. The average molecular weight is 425 g/mol. The first-order chi connectivity index (χ1) is 15.0. The van der Waals surface area contributed by atoms with Crippen molar-refractivity contribution in [3.63, 3.8) is 0 Å². The molecular weight excluding hydrogens is 390 g/mol. The summed E-state index contributed by atoms with van der Waals surface area (Å²) in [5.74, 6) is 1.06. The molecule has 0 N–H and O–H groups in total. The van der Waals surface area contributed by atoms with E-state index in [2.05, 4.69) is 24.8 Å². The fraction of sp³-hybridized carbons (Fsp3) is 0.429. The lowest BCUT2D eigenvalue weighted by atomic mass is 9.79. The van der Waals surface area contributed by atoms with Crippen LogP contribution in [0.2, 0.25) is 0 Å². The Labute approximate surface area is 185 Å². The summed E-state index contributed by atoms with van der Waals surface area (Å²) < 4.78 is 34.0. The van der Waals surface area contributed by atoms with Crippen molar-refractivity contribution in [2.45, 2.75) is 63.9 Å². The molecule has 1 nitrogen and oxygen atoms in total. The molecule has 0 bridgehead atoms. The van der Waals surface area contributed by atoms with Gasteiger partial charge in [0.15, 0.2) is 0 Å². The standard InChI is InChI=1S/C28H34F2O/c1-3-5-6-7-23-8-10-24(11-9-23)20-21-31-28(29,30)27-18-16-26(17-19-27)25-14-12-22(4-2)13-15-25/h3-5,8-11,16-19,22,25H,2,6-7,12-15,20-21H2,1H3/b5-3+/t22-,25-. The molecule has 0 spiro atoms. The number of allylic oxidation sites excluding steroid dienone is 3. The molecule has 0 atom stereocenters. The third-order valence-electron chi connectivity index (χ3n) is 6.36. The molecule has 1 aliphatic carbocycles. The van der Waals surface area contributed by atoms with Crippen LogP contribution in [-0.4, -0.2) is 6.61 Å². The minimum absolute atomic E-state index is 0.0156. The zero-order valence-electron chi connectivity index (χ0n) is 18.5. The van der Waals surface area contributed by atoms with Crippen LogP contribution < -0.4 is 0 Å². The molecule has 1 fully saturated rings. The van der Waals surface area contributed by atoms with Gasteiger partial charge in [0.05, 0.1) is 12.2 Å². The number of rotatable bonds is 10. The monoisotopic (exact) mass is 424 g/mol. The van der Waals surface area contributed by atoms with E-state index in [0.717, 1.165) is 49.7 Å². The fourth-order valence-corrected chi connectivity index (χ4v) is 4.31. The summed E-state index contributed by atoms with van der Waals surface area (Å²) in [5, 5.41) is 0. The predicted molar refractivity (Wildman–Crippen MR) is 124 cm³/mol. The van der Waals surface area contributed by atoms with Crippen molar-refractivity contribution in [2.24, 2.45) is 5.92 Å². The summed E-state index contributed by atoms with van der Waals surface area (Å²) in [6.07, 6.45) is 9.88. The zero-order chi connectivity index (χ0) is 22.1. The van der Waals surface area contributed by atoms with E-state index < -0.39 is 6.11 Å². The third kappa shape index (κ3) is 6.87. The van der Waals surface area contributed by atoms with Gasteiger partial charge in [0, 0.05) is 0 Å². The highest BCUT2D eigenvalue weighted by Gasteiger charge is 2.33. The fourth-order valence-electron chi connectivity index (χ4n) is 4.31. The second kappa shape index (κ2) is 11.4. The van der Waals surface area contributed by atoms with Gasteiger partial charge in [-0.05, 0) is 80.4 Å². The Kier molecular flexibility index (Phi) is 8.60. The number of benzene rings is 2. The molecule has 0 amide bonds. The number of hydrogen-bond donors (Lipinski definition) is 0. The molecule has 31 heavy (non-hydrogen) atoms. The molecule has 2 aromatic rings. The molecule has 166 valence electrons. The van der Waals surface area contributed by atoms with Crippen LogP contribution in [0.25, 0.3) is 0 Å². The van der Waals surface area contributed by atoms with Gasteiger partial charge in [0.2, 0.25) is 0 Å². The molecule has 1 aliphatic rings. The van der Waals surface area contributed by atoms with Gasteiger partial charge in [-0.15, -0.1) is 6.58 Å². The maximum atomic E-state index is 14.5. The highest BCUT2D eigenvalue weighted by atomic mass is 19.3. The van der Waals surface area contributed by atoms with Crippen LogP contribution in [0, 0.1) is 5.92 Å². The van der Waals surface area contributed by atoms with Gasteiger partial charge in [0.1, 0.15) is 0 Å². The summed E-state index contributed by atoms with van der Waals surface area (Å²) in [5.41, 5.74) is 3.34. The SMILES string of the molecule is C=C[C@H]1CC[C@H](c2ccc(C(F)(F)OCCc3ccc(CC/C=C/C)cc3)cc2)CC1. The van der Waals surface area contributed by atoms with Crippen LogP contribution in [0.1, 0.15) is 67.2 Å². The maximum Gasteiger partial charge on any atom is 0.383 e. The molecule has 1 saturated carbocycles. The van der Waals surface area contributed by atoms with Crippen molar-refractivity contribution in [1.82, 2.24) is 0 Å². The Morgan fingerprint density at radius 1 is 0.935 bits per heavy atom. The van der Waals surface area contributed by atoms with Crippen LogP contribution in [0.4, 0.5) is 8.78 Å². The summed E-state index contributed by atoms with van der Waals surface area (Å²) in [7, 11) is 0. The van der Waals surface area contributed by atoms with Gasteiger partial charge >= 0.3 is 6.11 Å². The zero-order valence-corrected chi connectivity index (χ0v) is 18.5. The van der Waals surface area contributed by atoms with E-state index in [0.29, 0.717) is 18.3 Å². The van der Waals surface area contributed by atoms with Crippen molar-refractivity contribution in [3.8, 4) is 0 Å². The van der Waals surface area contributed by atoms with E-state index in [4.69, 9.17) is 4.74 Å². The quantitative estimate of drug-likeness (QED) is 0.351. The topological polar surface area (TPSA) is 9.23 Å². The largest absolute Gasteiger partial charge is 0.383 e. The van der Waals surface area contributed by atoms with Crippen LogP contribution in [0.15, 0.2) is 73.3 Å². The van der Waals surface area contributed by atoms with Gasteiger partial charge in [-0.1, -0.05) is 66.8 Å². The highest BCUT2D eigenvalue weighted by molar-refractivity contribution is 5.28. The lowest BCUT2D eigenvalue weighted by molar-refractivity contribution is -0.248. The molecule has 2 aromatic carbocycles. The molecule has 0 heterocycles. The number of alkyl halides is 2. The molecule has 0 aromatic heterocycles. The summed E-state index contributed by atoms with van der Waals surface area (Å²) in [6.45, 7) is 5.88. The van der Waals surface area contributed by atoms with E-state index in [-0.39, 0.29) is 12.2 Å². The number of halogens is 2. The molecule has 0 saturated heterocycles. The lowest BCUT2D eigenvalue weighted by Crippen LogP contribution is -2.20. The maximum absolute atomic E-state index is 14.5. The van der Waals surface area contributed by atoms with Gasteiger partial charge in [-0.2, -0.15) is 8.78 Å². The Morgan fingerprint density at radius 2 is 1.55 bits per heavy atom. The lowest BCUT2D eigenvalue weighted by Gasteiger charge is -2.27. The van der Waals surface area contributed by atoms with Crippen molar-refractivity contribution < 1.29 is 13.5 Å². The first kappa shape index (κ1) is 23.4. The number of hydrogen-bond acceptors (Lipinski definition) is 1. The van der Waals surface area contributed by atoms with E-state index in [1.807, 2.05) is 43.3 Å². The Hall–Kier alpha value is -2.26. The van der Waals surface area contributed by atoms with Crippen molar-refractivity contribution in [2.75, 3.05) is 6.61 Å². The van der Waals surface area contributed by atoms with Gasteiger partial charge in [-0.3, -0.25) is 0 Å². The molecule has 0 aliphatic heterocycles. The Morgan fingerprint density at radius 3 is 2.13 bits per heavy atom. The second-order valence-corrected chi connectivity index (χ2v) is 8.51. The predicted octanol–water partition coefficient (Wildman–Crippen LogP) is 7.96. The van der Waals surface area contributed by atoms with Gasteiger partial charge < -0.3 is 4.74 Å². The molecule has 3 heteroatoms. The summed E-state index contributed by atoms with van der Waals surface area (Å²) in [4.78, 5) is 0. The van der Waals surface area contributed by atoms with Crippen LogP contribution >= 0.6 is 0 Å². The van der Waals surface area contributed by atoms with Crippen LogP contribution in [0.3, 0.4) is 0 Å². The van der Waals surface area contributed by atoms with E-state index >= 15 is 0 Å². The van der Waals surface area contributed by atoms with Crippen molar-refractivity contribution >= 4 is 0 Å². The average Bonchev–Trinajstić information content (AvgIpc) is 2.80. The van der Waals surface area contributed by atoms with Gasteiger partial charge in [-0.25, -0.2) is 0 Å². The minimum atomic E-state index is -3.27. The van der Waals surface area contributed by atoms with Crippen molar-refractivity contribution in [1.29, 1.82) is 0 Å². The van der Waals surface area contributed by atoms with E-state index in [1.54, 1.807) is 0 Å². The Bertz CT molecular complexity index is 828. The third-order valence-corrected chi connectivity index (χ3v) is 6.36. The first-order valence-electron chi connectivity index (χ1n) is 11.5. The summed E-state index contributed by atoms with van der Waals surface area (Å²) >= 11 is 0. The van der Waals surface area contributed by atoms with Crippen LogP contribution in [0.5, 0.6) is 0 Å². The number of aryl methyl sites for hydroxylation is 1. The smallest absolute Gasteiger partial charge is 0.316 e. The molecule has 0 unspecified atom stereocenters. The van der Waals surface area contributed by atoms with E-state index in [1.165, 1.54) is 17.7 Å².